The predicted octanol–water partition coefficient (Wildman–Crippen LogP) is 2.85. The van der Waals surface area contributed by atoms with E-state index in [1.165, 1.54) is 28.3 Å². The minimum Gasteiger partial charge on any atom is -0.341 e. The molecule has 0 saturated carbocycles. The molecule has 1 aliphatic rings. The smallest absolute Gasteiger partial charge is 0.267 e. The molecule has 2 heterocycles. The lowest BCUT2D eigenvalue weighted by molar-refractivity contribution is -0.133. The van der Waals surface area contributed by atoms with Crippen LogP contribution < -0.4 is 5.56 Å². The summed E-state index contributed by atoms with van der Waals surface area (Å²) in [5.74, 6) is -0.0248. The highest BCUT2D eigenvalue weighted by Gasteiger charge is 2.18. The second-order valence-corrected chi connectivity index (χ2v) is 6.91. The Bertz CT molecular complexity index is 849. The van der Waals surface area contributed by atoms with Crippen molar-refractivity contribution in [3.05, 3.63) is 51.3 Å². The van der Waals surface area contributed by atoms with Crippen molar-refractivity contribution in [2.45, 2.75) is 46.6 Å². The third kappa shape index (κ3) is 3.81. The first-order chi connectivity index (χ1) is 12.0. The SMILES string of the molecule is Cc1cc(C)c(-c2ccc(=O)n(CC(=O)N3CCCCC3)n2)cc1C. The molecule has 0 unspecified atom stereocenters. The molecule has 5 heteroatoms. The zero-order valence-electron chi connectivity index (χ0n) is 15.2. The van der Waals surface area contributed by atoms with E-state index in [0.29, 0.717) is 0 Å². The molecule has 0 aliphatic carbocycles. The first-order valence-corrected chi connectivity index (χ1v) is 8.90. The largest absolute Gasteiger partial charge is 0.341 e. The molecular weight excluding hydrogens is 314 g/mol. The minimum atomic E-state index is -0.240. The Morgan fingerprint density at radius 3 is 2.40 bits per heavy atom. The van der Waals surface area contributed by atoms with E-state index in [2.05, 4.69) is 31.1 Å². The standard InChI is InChI=1S/C20H25N3O2/c1-14-11-16(3)17(12-15(14)2)18-7-8-19(24)23(21-18)13-20(25)22-9-5-4-6-10-22/h7-8,11-12H,4-6,9-10,13H2,1-3H3. The van der Waals surface area contributed by atoms with Gasteiger partial charge in [-0.25, -0.2) is 4.68 Å². The van der Waals surface area contributed by atoms with Crippen LogP contribution in [-0.2, 0) is 11.3 Å². The highest BCUT2D eigenvalue weighted by atomic mass is 16.2. The molecule has 1 amide bonds. The molecular formula is C20H25N3O2. The topological polar surface area (TPSA) is 55.2 Å². The molecule has 0 atom stereocenters. The number of piperidine rings is 1. The van der Waals surface area contributed by atoms with Crippen molar-refractivity contribution in [3.8, 4) is 11.3 Å². The van der Waals surface area contributed by atoms with Gasteiger partial charge in [-0.15, -0.1) is 0 Å². The number of rotatable bonds is 3. The van der Waals surface area contributed by atoms with Crippen molar-refractivity contribution in [2.24, 2.45) is 0 Å². The van der Waals surface area contributed by atoms with Crippen LogP contribution >= 0.6 is 0 Å². The zero-order valence-corrected chi connectivity index (χ0v) is 15.2. The first-order valence-electron chi connectivity index (χ1n) is 8.90. The summed E-state index contributed by atoms with van der Waals surface area (Å²) in [4.78, 5) is 26.5. The zero-order chi connectivity index (χ0) is 18.0. The highest BCUT2D eigenvalue weighted by molar-refractivity contribution is 5.76. The highest BCUT2D eigenvalue weighted by Crippen LogP contribution is 2.24. The van der Waals surface area contributed by atoms with E-state index in [1.807, 2.05) is 11.8 Å². The van der Waals surface area contributed by atoms with Crippen LogP contribution in [0.2, 0.25) is 0 Å². The van der Waals surface area contributed by atoms with Crippen LogP contribution in [-0.4, -0.2) is 33.7 Å². The molecule has 25 heavy (non-hydrogen) atoms. The van der Waals surface area contributed by atoms with E-state index < -0.39 is 0 Å². The summed E-state index contributed by atoms with van der Waals surface area (Å²) in [6, 6.07) is 7.46. The van der Waals surface area contributed by atoms with Crippen LogP contribution in [0, 0.1) is 20.8 Å². The molecule has 1 aromatic heterocycles. The number of amides is 1. The monoisotopic (exact) mass is 339 g/mol. The minimum absolute atomic E-state index is 0.0105. The Kier molecular flexibility index (Phi) is 5.02. The van der Waals surface area contributed by atoms with Crippen LogP contribution in [0.4, 0.5) is 0 Å². The quantitative estimate of drug-likeness (QED) is 0.864. The summed E-state index contributed by atoms with van der Waals surface area (Å²) in [5.41, 5.74) is 5.02. The Labute approximate surface area is 148 Å². The third-order valence-electron chi connectivity index (χ3n) is 4.98. The van der Waals surface area contributed by atoms with Crippen molar-refractivity contribution < 1.29 is 4.79 Å². The van der Waals surface area contributed by atoms with Gasteiger partial charge in [0.1, 0.15) is 6.54 Å². The Morgan fingerprint density at radius 2 is 1.68 bits per heavy atom. The Balaban J connectivity index is 1.89. The van der Waals surface area contributed by atoms with Gasteiger partial charge in [0.25, 0.3) is 5.56 Å². The van der Waals surface area contributed by atoms with Gasteiger partial charge in [0.2, 0.25) is 5.91 Å². The number of carbonyl (C=O) groups is 1. The first kappa shape index (κ1) is 17.4. The summed E-state index contributed by atoms with van der Waals surface area (Å²) in [6.45, 7) is 7.76. The van der Waals surface area contributed by atoms with Crippen LogP contribution in [0.15, 0.2) is 29.1 Å². The molecule has 3 rings (SSSR count). The number of carbonyl (C=O) groups excluding carboxylic acids is 1. The number of nitrogens with zero attached hydrogens (tertiary/aromatic N) is 3. The van der Waals surface area contributed by atoms with Crippen molar-refractivity contribution in [3.63, 3.8) is 0 Å². The lowest BCUT2D eigenvalue weighted by Gasteiger charge is -2.26. The van der Waals surface area contributed by atoms with Gasteiger partial charge < -0.3 is 4.90 Å². The summed E-state index contributed by atoms with van der Waals surface area (Å²) in [6.07, 6.45) is 3.25. The molecule has 1 aliphatic heterocycles. The van der Waals surface area contributed by atoms with Crippen molar-refractivity contribution in [1.82, 2.24) is 14.7 Å². The van der Waals surface area contributed by atoms with E-state index >= 15 is 0 Å². The second kappa shape index (κ2) is 7.21. The maximum atomic E-state index is 12.5. The van der Waals surface area contributed by atoms with E-state index in [0.717, 1.165) is 42.8 Å². The summed E-state index contributed by atoms with van der Waals surface area (Å²) in [5, 5.41) is 4.47. The summed E-state index contributed by atoms with van der Waals surface area (Å²) >= 11 is 0. The molecule has 0 spiro atoms. The van der Waals surface area contributed by atoms with Gasteiger partial charge in [0.15, 0.2) is 0 Å². The molecule has 0 radical (unpaired) electrons. The third-order valence-corrected chi connectivity index (χ3v) is 4.98. The average molecular weight is 339 g/mol. The maximum absolute atomic E-state index is 12.5. The summed E-state index contributed by atoms with van der Waals surface area (Å²) in [7, 11) is 0. The second-order valence-electron chi connectivity index (χ2n) is 6.91. The lowest BCUT2D eigenvalue weighted by Crippen LogP contribution is -2.40. The number of benzene rings is 1. The summed E-state index contributed by atoms with van der Waals surface area (Å²) < 4.78 is 1.29. The number of hydrogen-bond donors (Lipinski definition) is 0. The van der Waals surface area contributed by atoms with Gasteiger partial charge in [-0.1, -0.05) is 6.07 Å². The normalized spacial score (nSPS) is 14.6. The van der Waals surface area contributed by atoms with Crippen LogP contribution in [0.5, 0.6) is 0 Å². The van der Waals surface area contributed by atoms with Crippen molar-refractivity contribution in [2.75, 3.05) is 13.1 Å². The fourth-order valence-corrected chi connectivity index (χ4v) is 3.31. The van der Waals surface area contributed by atoms with Crippen molar-refractivity contribution >= 4 is 5.91 Å². The molecule has 132 valence electrons. The molecule has 0 bridgehead atoms. The Morgan fingerprint density at radius 1 is 1.00 bits per heavy atom. The number of likely N-dealkylation sites (tertiary alicyclic amines) is 1. The van der Waals surface area contributed by atoms with Gasteiger partial charge in [0.05, 0.1) is 5.69 Å². The molecule has 1 aromatic carbocycles. The predicted molar refractivity (Wildman–Crippen MR) is 98.6 cm³/mol. The number of hydrogen-bond acceptors (Lipinski definition) is 3. The van der Waals surface area contributed by atoms with Gasteiger partial charge in [-0.3, -0.25) is 9.59 Å². The molecule has 5 nitrogen and oxygen atoms in total. The van der Waals surface area contributed by atoms with Crippen LogP contribution in [0.1, 0.15) is 36.0 Å². The van der Waals surface area contributed by atoms with E-state index in [-0.39, 0.29) is 18.0 Å². The fourth-order valence-electron chi connectivity index (χ4n) is 3.31. The molecule has 0 N–H and O–H groups in total. The molecule has 1 fully saturated rings. The number of aromatic nitrogens is 2. The molecule has 1 saturated heterocycles. The fraction of sp³-hybridized carbons (Fsp3) is 0.450. The van der Waals surface area contributed by atoms with E-state index in [1.54, 1.807) is 6.07 Å². The Hall–Kier alpha value is -2.43. The average Bonchev–Trinajstić information content (AvgIpc) is 2.61. The number of aryl methyl sites for hydroxylation is 3. The van der Waals surface area contributed by atoms with Crippen molar-refractivity contribution in [1.29, 1.82) is 0 Å². The van der Waals surface area contributed by atoms with Crippen LogP contribution in [0.3, 0.4) is 0 Å². The van der Waals surface area contributed by atoms with Gasteiger partial charge >= 0.3 is 0 Å². The van der Waals surface area contributed by atoms with E-state index in [4.69, 9.17) is 0 Å². The maximum Gasteiger partial charge on any atom is 0.267 e. The van der Waals surface area contributed by atoms with E-state index in [9.17, 15) is 9.59 Å². The van der Waals surface area contributed by atoms with Gasteiger partial charge in [-0.2, -0.15) is 5.10 Å². The molecule has 2 aromatic rings. The lowest BCUT2D eigenvalue weighted by atomic mass is 9.99. The van der Waals surface area contributed by atoms with Gasteiger partial charge in [0, 0.05) is 24.7 Å². The van der Waals surface area contributed by atoms with Crippen LogP contribution in [0.25, 0.3) is 11.3 Å². The van der Waals surface area contributed by atoms with Gasteiger partial charge in [-0.05, 0) is 68.9 Å².